The third-order valence-electron chi connectivity index (χ3n) is 4.37. The van der Waals surface area contributed by atoms with Crippen LogP contribution >= 0.6 is 22.9 Å². The number of ether oxygens (including phenoxy) is 1. The van der Waals surface area contributed by atoms with Gasteiger partial charge in [0.25, 0.3) is 0 Å². The van der Waals surface area contributed by atoms with E-state index in [1.165, 1.54) is 10.4 Å². The lowest BCUT2D eigenvalue weighted by molar-refractivity contribution is -0.0893. The quantitative estimate of drug-likeness (QED) is 0.493. The minimum atomic E-state index is -0.293. The van der Waals surface area contributed by atoms with E-state index in [1.807, 2.05) is 0 Å². The monoisotopic (exact) mass is 340 g/mol. The molecule has 3 heterocycles. The Morgan fingerprint density at radius 2 is 2.41 bits per heavy atom. The lowest BCUT2D eigenvalue weighted by Gasteiger charge is -2.46. The van der Waals surface area contributed by atoms with Crippen LogP contribution in [0.25, 0.3) is 0 Å². The highest BCUT2D eigenvalue weighted by Crippen LogP contribution is 2.47. The number of aliphatic imine (C=N–C) groups is 1. The maximum atomic E-state index is 6.29. The van der Waals surface area contributed by atoms with Crippen molar-refractivity contribution >= 4 is 34.9 Å². The van der Waals surface area contributed by atoms with Gasteiger partial charge in [0.15, 0.2) is 0 Å². The number of halogens is 1. The first-order valence-corrected chi connectivity index (χ1v) is 8.66. The van der Waals surface area contributed by atoms with Crippen molar-refractivity contribution in [2.75, 3.05) is 13.7 Å². The van der Waals surface area contributed by atoms with E-state index >= 15 is 0 Å². The van der Waals surface area contributed by atoms with E-state index in [-0.39, 0.29) is 11.6 Å². The fourth-order valence-corrected chi connectivity index (χ4v) is 5.06. The van der Waals surface area contributed by atoms with Crippen molar-refractivity contribution in [1.29, 1.82) is 0 Å². The largest absolute Gasteiger partial charge is 0.369 e. The van der Waals surface area contributed by atoms with Crippen LogP contribution in [0.5, 0.6) is 0 Å². The smallest absolute Gasteiger partial charge is 0.106 e. The molecule has 0 unspecified atom stereocenters. The van der Waals surface area contributed by atoms with E-state index < -0.39 is 0 Å². The van der Waals surface area contributed by atoms with E-state index in [1.54, 1.807) is 24.6 Å². The summed E-state index contributed by atoms with van der Waals surface area (Å²) in [5.74, 6) is 5.55. The van der Waals surface area contributed by atoms with Crippen LogP contribution in [-0.2, 0) is 16.8 Å². The predicted molar refractivity (Wildman–Crippen MR) is 92.3 cm³/mol. The van der Waals surface area contributed by atoms with Gasteiger partial charge in [-0.1, -0.05) is 11.6 Å². The van der Waals surface area contributed by atoms with E-state index in [2.05, 4.69) is 28.4 Å². The Hall–Kier alpha value is -0.950. The molecule has 1 aromatic heterocycles. The van der Waals surface area contributed by atoms with Gasteiger partial charge in [-0.15, -0.1) is 11.3 Å². The Bertz CT molecular complexity index is 615. The maximum absolute atomic E-state index is 6.29. The molecule has 1 spiro atoms. The molecule has 3 rings (SSSR count). The van der Waals surface area contributed by atoms with Gasteiger partial charge >= 0.3 is 0 Å². The molecular formula is C15H21ClN4OS. The van der Waals surface area contributed by atoms with Crippen LogP contribution in [0, 0.1) is 0 Å². The summed E-state index contributed by atoms with van der Waals surface area (Å²) in [6, 6.07) is 2.41. The van der Waals surface area contributed by atoms with Gasteiger partial charge in [0.2, 0.25) is 0 Å². The Kier molecular flexibility index (Phi) is 4.54. The Balaban J connectivity index is 1.97. The molecule has 3 N–H and O–H groups in total. The number of fused-ring (bicyclic) bond motifs is 2. The molecule has 1 aromatic rings. The number of hydrogen-bond donors (Lipinski definition) is 2. The summed E-state index contributed by atoms with van der Waals surface area (Å²) in [6.45, 7) is 2.90. The summed E-state index contributed by atoms with van der Waals surface area (Å²) in [6.07, 6.45) is 4.37. The zero-order valence-corrected chi connectivity index (χ0v) is 14.4. The summed E-state index contributed by atoms with van der Waals surface area (Å²) in [5.41, 5.74) is 1.79. The van der Waals surface area contributed by atoms with Gasteiger partial charge in [-0.25, -0.2) is 0 Å². The number of nitrogens with two attached hydrogens (primary N) is 1. The number of nitrogens with one attached hydrogen (secondary N) is 1. The fraction of sp³-hybridized carbons (Fsp3) is 0.600. The zero-order chi connectivity index (χ0) is 15.7. The highest BCUT2D eigenvalue weighted by Gasteiger charge is 2.46. The van der Waals surface area contributed by atoms with Crippen LogP contribution in [0.3, 0.4) is 0 Å². The molecule has 7 heteroatoms. The minimum absolute atomic E-state index is 0.0317. The third-order valence-corrected chi connectivity index (χ3v) is 5.86. The van der Waals surface area contributed by atoms with E-state index in [0.29, 0.717) is 6.04 Å². The van der Waals surface area contributed by atoms with E-state index in [9.17, 15) is 0 Å². The molecule has 2 aliphatic rings. The number of hydrazone groups is 1. The van der Waals surface area contributed by atoms with Gasteiger partial charge in [-0.2, -0.15) is 5.10 Å². The van der Waals surface area contributed by atoms with Crippen molar-refractivity contribution in [3.05, 3.63) is 20.8 Å². The number of thiophene rings is 1. The van der Waals surface area contributed by atoms with Gasteiger partial charge in [0, 0.05) is 30.6 Å². The normalized spacial score (nSPS) is 32.6. The molecule has 5 nitrogen and oxygen atoms in total. The summed E-state index contributed by atoms with van der Waals surface area (Å²) < 4.78 is 7.12. The number of rotatable bonds is 2. The number of hydrogen-bond acceptors (Lipinski definition) is 6. The molecule has 0 saturated carbocycles. The molecule has 0 bridgehead atoms. The predicted octanol–water partition coefficient (Wildman–Crippen LogP) is 2.33. The first-order chi connectivity index (χ1) is 10.6. The molecule has 1 fully saturated rings. The average molecular weight is 341 g/mol. The summed E-state index contributed by atoms with van der Waals surface area (Å²) in [7, 11) is 1.72. The van der Waals surface area contributed by atoms with Gasteiger partial charge in [0.1, 0.15) is 5.60 Å². The molecule has 120 valence electrons. The maximum Gasteiger partial charge on any atom is 0.106 e. The Morgan fingerprint density at radius 3 is 3.14 bits per heavy atom. The van der Waals surface area contributed by atoms with Crippen LogP contribution in [0.1, 0.15) is 30.2 Å². The summed E-state index contributed by atoms with van der Waals surface area (Å²) >= 11 is 7.89. The van der Waals surface area contributed by atoms with Crippen LogP contribution < -0.4 is 11.2 Å². The first-order valence-electron chi connectivity index (χ1n) is 7.46. The molecule has 3 atom stereocenters. The molecular weight excluding hydrogens is 320 g/mol. The minimum Gasteiger partial charge on any atom is -0.369 e. The van der Waals surface area contributed by atoms with Crippen molar-refractivity contribution in [3.63, 3.8) is 0 Å². The standard InChI is InChI=1S/C15H21ClN4OS/c1-9-6-15(7-11(19-9)12(20-17)8-18-2)14-10(3-4-21-15)5-13(16)22-14/h5,8-9,11,19H,3-4,6-7,17H2,1-2H3/t9-,11-,15-/m0/s1. The SMILES string of the molecule is CN=CC(=NN)[C@@H]1C[C@]2(C[C@H](C)N1)OCCc1cc(Cl)sc12. The van der Waals surface area contributed by atoms with Crippen molar-refractivity contribution in [1.82, 2.24) is 5.32 Å². The van der Waals surface area contributed by atoms with E-state index in [0.717, 1.165) is 35.9 Å². The molecule has 0 radical (unpaired) electrons. The van der Waals surface area contributed by atoms with Crippen LogP contribution in [-0.4, -0.2) is 37.7 Å². The number of piperidine rings is 1. The summed E-state index contributed by atoms with van der Waals surface area (Å²) in [4.78, 5) is 5.32. The highest BCUT2D eigenvalue weighted by molar-refractivity contribution is 7.16. The zero-order valence-electron chi connectivity index (χ0n) is 12.8. The van der Waals surface area contributed by atoms with Crippen molar-refractivity contribution in [2.24, 2.45) is 15.9 Å². The molecule has 22 heavy (non-hydrogen) atoms. The average Bonchev–Trinajstić information content (AvgIpc) is 2.86. The highest BCUT2D eigenvalue weighted by atomic mass is 35.5. The molecule has 2 aliphatic heterocycles. The van der Waals surface area contributed by atoms with Gasteiger partial charge < -0.3 is 15.9 Å². The molecule has 0 amide bonds. The number of nitrogens with zero attached hydrogens (tertiary/aromatic N) is 2. The van der Waals surface area contributed by atoms with Gasteiger partial charge in [0.05, 0.1) is 22.7 Å². The molecule has 0 aliphatic carbocycles. The van der Waals surface area contributed by atoms with Gasteiger partial charge in [-0.05, 0) is 31.4 Å². The second-order valence-electron chi connectivity index (χ2n) is 5.97. The topological polar surface area (TPSA) is 72.0 Å². The van der Waals surface area contributed by atoms with Gasteiger partial charge in [-0.3, -0.25) is 4.99 Å². The van der Waals surface area contributed by atoms with E-state index in [4.69, 9.17) is 22.2 Å². The Labute approximate surface area is 139 Å². The molecule has 0 aromatic carbocycles. The first kappa shape index (κ1) is 15.9. The van der Waals surface area contributed by atoms with Crippen LogP contribution in [0.2, 0.25) is 4.34 Å². The molecule has 1 saturated heterocycles. The van der Waals surface area contributed by atoms with Crippen molar-refractivity contribution in [3.8, 4) is 0 Å². The third kappa shape index (κ3) is 2.80. The van der Waals surface area contributed by atoms with Crippen molar-refractivity contribution in [2.45, 2.75) is 43.9 Å². The second-order valence-corrected chi connectivity index (χ2v) is 7.65. The Morgan fingerprint density at radius 1 is 1.59 bits per heavy atom. The lowest BCUT2D eigenvalue weighted by atomic mass is 9.79. The van der Waals surface area contributed by atoms with Crippen LogP contribution in [0.15, 0.2) is 16.2 Å². The fourth-order valence-electron chi connectivity index (χ4n) is 3.60. The summed E-state index contributed by atoms with van der Waals surface area (Å²) in [5, 5.41) is 7.45. The van der Waals surface area contributed by atoms with Crippen molar-refractivity contribution < 1.29 is 4.74 Å². The lowest BCUT2D eigenvalue weighted by Crippen LogP contribution is -2.56. The van der Waals surface area contributed by atoms with Crippen LogP contribution in [0.4, 0.5) is 0 Å². The second kappa shape index (κ2) is 6.28.